The predicted octanol–water partition coefficient (Wildman–Crippen LogP) is 2.56. The highest BCUT2D eigenvalue weighted by molar-refractivity contribution is 7.14. The van der Waals surface area contributed by atoms with Gasteiger partial charge in [-0.3, -0.25) is 4.79 Å². The molecule has 0 aliphatic heterocycles. The molecule has 0 spiro atoms. The van der Waals surface area contributed by atoms with Gasteiger partial charge in [-0.1, -0.05) is 6.92 Å². The van der Waals surface area contributed by atoms with Crippen molar-refractivity contribution in [2.24, 2.45) is 0 Å². The highest BCUT2D eigenvalue weighted by atomic mass is 32.1. The Morgan fingerprint density at radius 3 is 2.92 bits per heavy atom. The Kier molecular flexibility index (Phi) is 3.05. The molecule has 1 rings (SSSR count). The standard InChI is InChI=1S/C9H10O2S/c1-2-7-3-4-9(12-7)8(11)5-6-10/h3-6,10H,2H2,1H3. The monoisotopic (exact) mass is 182 g/mol. The van der Waals surface area contributed by atoms with Gasteiger partial charge >= 0.3 is 0 Å². The number of aliphatic hydroxyl groups excluding tert-OH is 1. The molecule has 1 aromatic heterocycles. The molecule has 3 heteroatoms. The summed E-state index contributed by atoms with van der Waals surface area (Å²) in [5.74, 6) is -0.137. The van der Waals surface area contributed by atoms with Crippen LogP contribution in [0.3, 0.4) is 0 Å². The summed E-state index contributed by atoms with van der Waals surface area (Å²) < 4.78 is 0. The quantitative estimate of drug-likeness (QED) is 0.443. The summed E-state index contributed by atoms with van der Waals surface area (Å²) in [6, 6.07) is 3.72. The van der Waals surface area contributed by atoms with Crippen molar-refractivity contribution < 1.29 is 9.90 Å². The lowest BCUT2D eigenvalue weighted by Crippen LogP contribution is -1.88. The van der Waals surface area contributed by atoms with Gasteiger partial charge in [-0.25, -0.2) is 0 Å². The number of rotatable bonds is 3. The molecule has 0 fully saturated rings. The van der Waals surface area contributed by atoms with Crippen molar-refractivity contribution in [3.63, 3.8) is 0 Å². The fourth-order valence-electron chi connectivity index (χ4n) is 0.850. The van der Waals surface area contributed by atoms with Crippen LogP contribution in [0.4, 0.5) is 0 Å². The van der Waals surface area contributed by atoms with Gasteiger partial charge in [-0.2, -0.15) is 0 Å². The van der Waals surface area contributed by atoms with E-state index in [1.807, 2.05) is 13.0 Å². The van der Waals surface area contributed by atoms with Crippen molar-refractivity contribution in [2.45, 2.75) is 13.3 Å². The zero-order chi connectivity index (χ0) is 8.97. The Bertz CT molecular complexity index is 299. The SMILES string of the molecule is CCc1ccc(C(=O)C=CO)s1. The van der Waals surface area contributed by atoms with E-state index in [1.54, 1.807) is 6.07 Å². The van der Waals surface area contributed by atoms with Crippen molar-refractivity contribution in [2.75, 3.05) is 0 Å². The van der Waals surface area contributed by atoms with Gasteiger partial charge in [-0.05, 0) is 18.6 Å². The molecule has 1 N–H and O–H groups in total. The Morgan fingerprint density at radius 1 is 1.67 bits per heavy atom. The average Bonchev–Trinajstić information content (AvgIpc) is 2.52. The van der Waals surface area contributed by atoms with Crippen LogP contribution in [0.5, 0.6) is 0 Å². The molecule has 0 aliphatic rings. The van der Waals surface area contributed by atoms with Gasteiger partial charge in [-0.15, -0.1) is 11.3 Å². The van der Waals surface area contributed by atoms with Crippen LogP contribution in [0.25, 0.3) is 0 Å². The molecule has 0 atom stereocenters. The van der Waals surface area contributed by atoms with Crippen LogP contribution in [0.2, 0.25) is 0 Å². The largest absolute Gasteiger partial charge is 0.515 e. The van der Waals surface area contributed by atoms with Crippen LogP contribution in [0.1, 0.15) is 21.5 Å². The highest BCUT2D eigenvalue weighted by Crippen LogP contribution is 2.17. The second-order valence-corrected chi connectivity index (χ2v) is 3.47. The van der Waals surface area contributed by atoms with Crippen molar-refractivity contribution in [3.8, 4) is 0 Å². The van der Waals surface area contributed by atoms with Crippen molar-refractivity contribution in [3.05, 3.63) is 34.2 Å². The first-order valence-electron chi connectivity index (χ1n) is 3.71. The van der Waals surface area contributed by atoms with Crippen molar-refractivity contribution in [1.29, 1.82) is 0 Å². The van der Waals surface area contributed by atoms with E-state index in [-0.39, 0.29) is 5.78 Å². The number of allylic oxidation sites excluding steroid dienone is 1. The molecule has 0 bridgehead atoms. The third-order valence-corrected chi connectivity index (χ3v) is 2.72. The molecular formula is C9H10O2S. The summed E-state index contributed by atoms with van der Waals surface area (Å²) >= 11 is 1.47. The normalized spacial score (nSPS) is 10.8. The first-order valence-corrected chi connectivity index (χ1v) is 4.53. The third-order valence-electron chi connectivity index (χ3n) is 1.48. The highest BCUT2D eigenvalue weighted by Gasteiger charge is 2.04. The zero-order valence-electron chi connectivity index (χ0n) is 6.78. The average molecular weight is 182 g/mol. The molecule has 0 amide bonds. The molecule has 0 saturated heterocycles. The maximum absolute atomic E-state index is 11.1. The number of carbonyl (C=O) groups is 1. The van der Waals surface area contributed by atoms with Gasteiger partial charge in [0.2, 0.25) is 0 Å². The lowest BCUT2D eigenvalue weighted by molar-refractivity contribution is 0.104. The van der Waals surface area contributed by atoms with Crippen LogP contribution >= 0.6 is 11.3 Å². The lowest BCUT2D eigenvalue weighted by Gasteiger charge is -1.86. The number of hydrogen-bond acceptors (Lipinski definition) is 3. The van der Waals surface area contributed by atoms with Crippen LogP contribution < -0.4 is 0 Å². The number of aryl methyl sites for hydroxylation is 1. The minimum absolute atomic E-state index is 0.137. The molecule has 0 unspecified atom stereocenters. The van der Waals surface area contributed by atoms with Crippen LogP contribution in [-0.2, 0) is 6.42 Å². The topological polar surface area (TPSA) is 37.3 Å². The van der Waals surface area contributed by atoms with Crippen molar-refractivity contribution in [1.82, 2.24) is 0 Å². The van der Waals surface area contributed by atoms with Gasteiger partial charge in [0.25, 0.3) is 0 Å². The first-order chi connectivity index (χ1) is 5.77. The molecule has 2 nitrogen and oxygen atoms in total. The Labute approximate surface area is 75.2 Å². The summed E-state index contributed by atoms with van der Waals surface area (Å²) in [5, 5.41) is 8.37. The minimum Gasteiger partial charge on any atom is -0.515 e. The Balaban J connectivity index is 2.81. The zero-order valence-corrected chi connectivity index (χ0v) is 7.60. The van der Waals surface area contributed by atoms with Crippen LogP contribution in [0.15, 0.2) is 24.5 Å². The van der Waals surface area contributed by atoms with Gasteiger partial charge in [0, 0.05) is 11.0 Å². The van der Waals surface area contributed by atoms with E-state index in [0.717, 1.165) is 18.8 Å². The molecule has 64 valence electrons. The molecule has 1 aromatic rings. The van der Waals surface area contributed by atoms with E-state index in [9.17, 15) is 4.79 Å². The predicted molar refractivity (Wildman–Crippen MR) is 49.8 cm³/mol. The summed E-state index contributed by atoms with van der Waals surface area (Å²) in [6.07, 6.45) is 2.87. The van der Waals surface area contributed by atoms with E-state index < -0.39 is 0 Å². The minimum atomic E-state index is -0.137. The summed E-state index contributed by atoms with van der Waals surface area (Å²) in [7, 11) is 0. The number of thiophene rings is 1. The number of carbonyl (C=O) groups excluding carboxylic acids is 1. The fraction of sp³-hybridized carbons (Fsp3) is 0.222. The molecule has 0 aliphatic carbocycles. The van der Waals surface area contributed by atoms with E-state index in [0.29, 0.717) is 4.88 Å². The Morgan fingerprint density at radius 2 is 2.42 bits per heavy atom. The van der Waals surface area contributed by atoms with E-state index in [1.165, 1.54) is 16.2 Å². The molecule has 0 aromatic carbocycles. The van der Waals surface area contributed by atoms with E-state index in [4.69, 9.17) is 5.11 Å². The van der Waals surface area contributed by atoms with Crippen LogP contribution in [-0.4, -0.2) is 10.9 Å². The molecule has 12 heavy (non-hydrogen) atoms. The van der Waals surface area contributed by atoms with Crippen LogP contribution in [0, 0.1) is 0 Å². The third kappa shape index (κ3) is 1.95. The fourth-order valence-corrected chi connectivity index (χ4v) is 1.72. The molecular weight excluding hydrogens is 172 g/mol. The maximum Gasteiger partial charge on any atom is 0.198 e. The Hall–Kier alpha value is -1.09. The first kappa shape index (κ1) is 9.00. The summed E-state index contributed by atoms with van der Waals surface area (Å²) in [5.41, 5.74) is 0. The van der Waals surface area contributed by atoms with Gasteiger partial charge in [0.15, 0.2) is 5.78 Å². The maximum atomic E-state index is 11.1. The number of hydrogen-bond donors (Lipinski definition) is 1. The molecule has 0 radical (unpaired) electrons. The summed E-state index contributed by atoms with van der Waals surface area (Å²) in [4.78, 5) is 13.0. The lowest BCUT2D eigenvalue weighted by atomic mass is 10.3. The number of ketones is 1. The van der Waals surface area contributed by atoms with Gasteiger partial charge in [0.1, 0.15) is 0 Å². The smallest absolute Gasteiger partial charge is 0.198 e. The molecule has 0 saturated carbocycles. The second-order valence-electron chi connectivity index (χ2n) is 2.30. The second kappa shape index (κ2) is 4.07. The van der Waals surface area contributed by atoms with Crippen molar-refractivity contribution >= 4 is 17.1 Å². The van der Waals surface area contributed by atoms with Gasteiger partial charge < -0.3 is 5.11 Å². The number of aliphatic hydroxyl groups is 1. The van der Waals surface area contributed by atoms with E-state index in [2.05, 4.69) is 0 Å². The summed E-state index contributed by atoms with van der Waals surface area (Å²) in [6.45, 7) is 2.04. The van der Waals surface area contributed by atoms with E-state index >= 15 is 0 Å². The molecule has 1 heterocycles. The van der Waals surface area contributed by atoms with Gasteiger partial charge in [0.05, 0.1) is 11.1 Å².